The number of aromatic nitrogens is 1. The number of benzene rings is 1. The molecule has 0 aliphatic rings. The zero-order valence-corrected chi connectivity index (χ0v) is 10.7. The molecule has 1 heterocycles. The quantitative estimate of drug-likeness (QED) is 0.890. The summed E-state index contributed by atoms with van der Waals surface area (Å²) in [7, 11) is 0. The van der Waals surface area contributed by atoms with E-state index in [1.54, 1.807) is 24.3 Å². The van der Waals surface area contributed by atoms with Crippen LogP contribution in [0.15, 0.2) is 30.5 Å². The lowest BCUT2D eigenvalue weighted by Crippen LogP contribution is -1.94. The van der Waals surface area contributed by atoms with E-state index < -0.39 is 0 Å². The normalized spacial score (nSPS) is 10.3. The van der Waals surface area contributed by atoms with Crippen LogP contribution in [0, 0.1) is 0 Å². The number of hydrogen-bond acceptors (Lipinski definition) is 3. The van der Waals surface area contributed by atoms with Gasteiger partial charge in [0.2, 0.25) is 5.88 Å². The molecule has 0 aliphatic heterocycles. The zero-order chi connectivity index (χ0) is 12.4. The first kappa shape index (κ1) is 12.3. The molecule has 0 aliphatic carbocycles. The van der Waals surface area contributed by atoms with Gasteiger partial charge in [-0.05, 0) is 24.3 Å². The number of nitrogen functional groups attached to an aromatic ring is 1. The third-order valence-electron chi connectivity index (χ3n) is 1.90. The standard InChI is InChI=1S/C11H7Cl3N2O/c12-6-1-7(13)3-9(2-6)17-11-10(15)4-8(14)5-16-11/h1-5H,15H2. The monoisotopic (exact) mass is 288 g/mol. The van der Waals surface area contributed by atoms with Crippen molar-refractivity contribution in [3.63, 3.8) is 0 Å². The van der Waals surface area contributed by atoms with Crippen molar-refractivity contribution in [2.75, 3.05) is 5.73 Å². The summed E-state index contributed by atoms with van der Waals surface area (Å²) in [5.41, 5.74) is 6.05. The third-order valence-corrected chi connectivity index (χ3v) is 2.54. The van der Waals surface area contributed by atoms with E-state index in [1.165, 1.54) is 6.20 Å². The molecule has 1 aromatic heterocycles. The second-order valence-electron chi connectivity index (χ2n) is 3.26. The van der Waals surface area contributed by atoms with Crippen LogP contribution in [0.1, 0.15) is 0 Å². The number of halogens is 3. The molecule has 0 fully saturated rings. The van der Waals surface area contributed by atoms with E-state index in [2.05, 4.69) is 4.98 Å². The molecule has 17 heavy (non-hydrogen) atoms. The molecule has 0 spiro atoms. The van der Waals surface area contributed by atoms with Gasteiger partial charge < -0.3 is 10.5 Å². The smallest absolute Gasteiger partial charge is 0.242 e. The minimum atomic E-state index is 0.257. The highest BCUT2D eigenvalue weighted by molar-refractivity contribution is 6.34. The van der Waals surface area contributed by atoms with Crippen LogP contribution in [0.25, 0.3) is 0 Å². The number of ether oxygens (including phenoxy) is 1. The number of nitrogens with two attached hydrogens (primary N) is 1. The molecule has 2 rings (SSSR count). The molecule has 2 N–H and O–H groups in total. The van der Waals surface area contributed by atoms with Crippen LogP contribution in [-0.2, 0) is 0 Å². The summed E-state index contributed by atoms with van der Waals surface area (Å²) >= 11 is 17.4. The minimum Gasteiger partial charge on any atom is -0.437 e. The van der Waals surface area contributed by atoms with Crippen LogP contribution in [-0.4, -0.2) is 4.98 Å². The van der Waals surface area contributed by atoms with Crippen molar-refractivity contribution in [3.05, 3.63) is 45.5 Å². The molecule has 2 aromatic rings. The molecule has 0 saturated carbocycles. The Morgan fingerprint density at radius 2 is 1.59 bits per heavy atom. The maximum atomic E-state index is 5.84. The Kier molecular flexibility index (Phi) is 3.62. The van der Waals surface area contributed by atoms with Crippen LogP contribution in [0.2, 0.25) is 15.1 Å². The van der Waals surface area contributed by atoms with Gasteiger partial charge in [0.05, 0.1) is 10.7 Å². The molecule has 0 saturated heterocycles. The van der Waals surface area contributed by atoms with Crippen LogP contribution in [0.5, 0.6) is 11.6 Å². The van der Waals surface area contributed by atoms with Gasteiger partial charge in [0.25, 0.3) is 0 Å². The summed E-state index contributed by atoms with van der Waals surface area (Å²) in [5, 5.41) is 1.39. The fourth-order valence-corrected chi connectivity index (χ4v) is 1.90. The lowest BCUT2D eigenvalue weighted by molar-refractivity contribution is 0.465. The highest BCUT2D eigenvalue weighted by Gasteiger charge is 2.06. The largest absolute Gasteiger partial charge is 0.437 e. The van der Waals surface area contributed by atoms with Gasteiger partial charge in [0.1, 0.15) is 5.75 Å². The zero-order valence-electron chi connectivity index (χ0n) is 8.45. The minimum absolute atomic E-state index is 0.257. The summed E-state index contributed by atoms with van der Waals surface area (Å²) in [5.74, 6) is 0.719. The van der Waals surface area contributed by atoms with Crippen LogP contribution in [0.3, 0.4) is 0 Å². The topological polar surface area (TPSA) is 48.1 Å². The third kappa shape index (κ3) is 3.16. The maximum Gasteiger partial charge on any atom is 0.242 e. The first-order valence-electron chi connectivity index (χ1n) is 4.59. The van der Waals surface area contributed by atoms with Crippen molar-refractivity contribution in [3.8, 4) is 11.6 Å². The first-order valence-corrected chi connectivity index (χ1v) is 5.73. The van der Waals surface area contributed by atoms with E-state index >= 15 is 0 Å². The summed E-state index contributed by atoms with van der Waals surface area (Å²) in [6.07, 6.45) is 1.44. The highest BCUT2D eigenvalue weighted by atomic mass is 35.5. The Morgan fingerprint density at radius 3 is 2.18 bits per heavy atom. The van der Waals surface area contributed by atoms with Gasteiger partial charge in [0, 0.05) is 16.2 Å². The van der Waals surface area contributed by atoms with E-state index in [0.717, 1.165) is 0 Å². The van der Waals surface area contributed by atoms with E-state index in [1.807, 2.05) is 0 Å². The second-order valence-corrected chi connectivity index (χ2v) is 4.56. The molecular formula is C11H7Cl3N2O. The molecule has 6 heteroatoms. The van der Waals surface area contributed by atoms with Crippen molar-refractivity contribution >= 4 is 40.5 Å². The van der Waals surface area contributed by atoms with Crippen LogP contribution >= 0.6 is 34.8 Å². The van der Waals surface area contributed by atoms with Gasteiger partial charge in [-0.25, -0.2) is 4.98 Å². The Labute approximate surface area is 113 Å². The molecule has 0 unspecified atom stereocenters. The maximum absolute atomic E-state index is 5.84. The molecule has 0 amide bonds. The number of pyridine rings is 1. The summed E-state index contributed by atoms with van der Waals surface area (Å²) in [6, 6.07) is 6.39. The van der Waals surface area contributed by atoms with Gasteiger partial charge in [-0.15, -0.1) is 0 Å². The molecular weight excluding hydrogens is 282 g/mol. The number of anilines is 1. The predicted octanol–water partition coefficient (Wildman–Crippen LogP) is 4.42. The van der Waals surface area contributed by atoms with E-state index in [4.69, 9.17) is 45.3 Å². The Morgan fingerprint density at radius 1 is 0.941 bits per heavy atom. The molecule has 88 valence electrons. The van der Waals surface area contributed by atoms with Crippen LogP contribution in [0.4, 0.5) is 5.69 Å². The lowest BCUT2D eigenvalue weighted by atomic mass is 10.3. The lowest BCUT2D eigenvalue weighted by Gasteiger charge is -2.08. The van der Waals surface area contributed by atoms with E-state index in [9.17, 15) is 0 Å². The van der Waals surface area contributed by atoms with Crippen molar-refractivity contribution in [2.24, 2.45) is 0 Å². The fourth-order valence-electron chi connectivity index (χ4n) is 1.23. The highest BCUT2D eigenvalue weighted by Crippen LogP contribution is 2.30. The van der Waals surface area contributed by atoms with E-state index in [-0.39, 0.29) is 5.88 Å². The summed E-state index contributed by atoms with van der Waals surface area (Å²) in [6.45, 7) is 0. The SMILES string of the molecule is Nc1cc(Cl)cnc1Oc1cc(Cl)cc(Cl)c1. The molecule has 1 aromatic carbocycles. The number of rotatable bonds is 2. The second kappa shape index (κ2) is 5.00. The van der Waals surface area contributed by atoms with Gasteiger partial charge in [-0.1, -0.05) is 34.8 Å². The Balaban J connectivity index is 2.31. The number of hydrogen-bond donors (Lipinski definition) is 1. The van der Waals surface area contributed by atoms with Crippen molar-refractivity contribution in [1.29, 1.82) is 0 Å². The Hall–Kier alpha value is -1.16. The average Bonchev–Trinajstić information content (AvgIpc) is 2.21. The molecule has 0 atom stereocenters. The Bertz CT molecular complexity index is 540. The predicted molar refractivity (Wildman–Crippen MR) is 70.2 cm³/mol. The van der Waals surface area contributed by atoms with E-state index in [0.29, 0.717) is 26.5 Å². The van der Waals surface area contributed by atoms with Crippen LogP contribution < -0.4 is 10.5 Å². The van der Waals surface area contributed by atoms with Gasteiger partial charge in [0.15, 0.2) is 0 Å². The molecule has 0 bridgehead atoms. The summed E-state index contributed by atoms with van der Waals surface area (Å²) in [4.78, 5) is 3.97. The molecule has 3 nitrogen and oxygen atoms in total. The van der Waals surface area contributed by atoms with Crippen molar-refractivity contribution in [2.45, 2.75) is 0 Å². The molecule has 0 radical (unpaired) electrons. The number of nitrogens with zero attached hydrogens (tertiary/aromatic N) is 1. The van der Waals surface area contributed by atoms with Crippen molar-refractivity contribution in [1.82, 2.24) is 4.98 Å². The van der Waals surface area contributed by atoms with Gasteiger partial charge in [-0.2, -0.15) is 0 Å². The first-order chi connectivity index (χ1) is 8.04. The van der Waals surface area contributed by atoms with Gasteiger partial charge >= 0.3 is 0 Å². The van der Waals surface area contributed by atoms with Crippen molar-refractivity contribution < 1.29 is 4.74 Å². The summed E-state index contributed by atoms with van der Waals surface area (Å²) < 4.78 is 5.46. The average molecular weight is 290 g/mol. The van der Waals surface area contributed by atoms with Gasteiger partial charge in [-0.3, -0.25) is 0 Å². The fraction of sp³-hybridized carbons (Fsp3) is 0.